The number of rotatable bonds is 2. The Kier molecular flexibility index (Phi) is 3.42. The van der Waals surface area contributed by atoms with Gasteiger partial charge in [-0.3, -0.25) is 0 Å². The molecule has 0 atom stereocenters. The van der Waals surface area contributed by atoms with Crippen LogP contribution in [0.2, 0.25) is 10.0 Å². The minimum absolute atomic E-state index is 0.500. The summed E-state index contributed by atoms with van der Waals surface area (Å²) >= 11 is 12.3. The van der Waals surface area contributed by atoms with Crippen molar-refractivity contribution in [3.8, 4) is 11.4 Å². The van der Waals surface area contributed by atoms with Gasteiger partial charge in [-0.1, -0.05) is 29.3 Å². The van der Waals surface area contributed by atoms with Gasteiger partial charge < -0.3 is 10.3 Å². The van der Waals surface area contributed by atoms with E-state index in [-0.39, 0.29) is 0 Å². The van der Waals surface area contributed by atoms with Crippen molar-refractivity contribution in [1.82, 2.24) is 9.55 Å². The van der Waals surface area contributed by atoms with Gasteiger partial charge in [0.05, 0.1) is 16.1 Å². The van der Waals surface area contributed by atoms with Gasteiger partial charge in [-0.15, -0.1) is 0 Å². The third kappa shape index (κ3) is 2.18. The Morgan fingerprint density at radius 2 is 1.95 bits per heavy atom. The fraction of sp³-hybridized carbons (Fsp3) is 0.133. The van der Waals surface area contributed by atoms with Crippen molar-refractivity contribution in [2.24, 2.45) is 12.8 Å². The zero-order valence-corrected chi connectivity index (χ0v) is 12.4. The van der Waals surface area contributed by atoms with Crippen molar-refractivity contribution in [1.29, 1.82) is 0 Å². The van der Waals surface area contributed by atoms with Gasteiger partial charge in [-0.25, -0.2) is 4.98 Å². The van der Waals surface area contributed by atoms with E-state index in [1.165, 1.54) is 0 Å². The molecule has 20 heavy (non-hydrogen) atoms. The van der Waals surface area contributed by atoms with E-state index < -0.39 is 0 Å². The smallest absolute Gasteiger partial charge is 0.142 e. The zero-order valence-electron chi connectivity index (χ0n) is 10.9. The molecule has 3 rings (SSSR count). The van der Waals surface area contributed by atoms with Crippen LogP contribution in [0.5, 0.6) is 0 Å². The number of hydrogen-bond acceptors (Lipinski definition) is 2. The van der Waals surface area contributed by atoms with Crippen LogP contribution in [0.4, 0.5) is 0 Å². The Bertz CT molecular complexity index is 793. The summed E-state index contributed by atoms with van der Waals surface area (Å²) < 4.78 is 2.01. The lowest BCUT2D eigenvalue weighted by atomic mass is 10.2. The number of nitrogens with two attached hydrogens (primary N) is 1. The monoisotopic (exact) mass is 305 g/mol. The predicted octanol–water partition coefficient (Wildman–Crippen LogP) is 4.01. The molecule has 5 heteroatoms. The van der Waals surface area contributed by atoms with Crippen molar-refractivity contribution in [3.05, 3.63) is 52.0 Å². The van der Waals surface area contributed by atoms with Crippen LogP contribution in [0.1, 0.15) is 5.56 Å². The van der Waals surface area contributed by atoms with Gasteiger partial charge in [0, 0.05) is 24.2 Å². The number of benzene rings is 2. The molecule has 0 aliphatic carbocycles. The van der Waals surface area contributed by atoms with Crippen molar-refractivity contribution < 1.29 is 0 Å². The SMILES string of the molecule is Cn1c(-c2cc(Cl)ccc2Cl)nc2cc(CN)ccc21. The molecule has 0 spiro atoms. The molecule has 1 aromatic heterocycles. The van der Waals surface area contributed by atoms with E-state index >= 15 is 0 Å². The van der Waals surface area contributed by atoms with Crippen LogP contribution >= 0.6 is 23.2 Å². The quantitative estimate of drug-likeness (QED) is 0.777. The molecule has 2 N–H and O–H groups in total. The highest BCUT2D eigenvalue weighted by atomic mass is 35.5. The molecule has 0 unspecified atom stereocenters. The Hall–Kier alpha value is -1.55. The van der Waals surface area contributed by atoms with E-state index in [0.29, 0.717) is 16.6 Å². The van der Waals surface area contributed by atoms with E-state index in [0.717, 1.165) is 28.0 Å². The molecule has 2 aromatic carbocycles. The van der Waals surface area contributed by atoms with E-state index in [4.69, 9.17) is 28.9 Å². The molecule has 102 valence electrons. The maximum Gasteiger partial charge on any atom is 0.142 e. The van der Waals surface area contributed by atoms with Gasteiger partial charge in [0.1, 0.15) is 5.82 Å². The maximum atomic E-state index is 6.26. The number of nitrogens with zero attached hydrogens (tertiary/aromatic N) is 2. The summed E-state index contributed by atoms with van der Waals surface area (Å²) in [4.78, 5) is 4.66. The summed E-state index contributed by atoms with van der Waals surface area (Å²) in [7, 11) is 1.96. The lowest BCUT2D eigenvalue weighted by molar-refractivity contribution is 0.959. The number of halogens is 2. The van der Waals surface area contributed by atoms with Crippen LogP contribution in [-0.2, 0) is 13.6 Å². The van der Waals surface area contributed by atoms with Gasteiger partial charge in [0.25, 0.3) is 0 Å². The molecule has 0 aliphatic rings. The van der Waals surface area contributed by atoms with Crippen LogP contribution < -0.4 is 5.73 Å². The molecule has 0 bridgehead atoms. The summed E-state index contributed by atoms with van der Waals surface area (Å²) in [6.07, 6.45) is 0. The third-order valence-electron chi connectivity index (χ3n) is 3.35. The number of aryl methyl sites for hydroxylation is 1. The van der Waals surface area contributed by atoms with Crippen LogP contribution in [0.3, 0.4) is 0 Å². The Labute approximate surface area is 126 Å². The number of aromatic nitrogens is 2. The summed E-state index contributed by atoms with van der Waals surface area (Å²) in [6.45, 7) is 0.500. The fourth-order valence-corrected chi connectivity index (χ4v) is 2.66. The van der Waals surface area contributed by atoms with E-state index in [1.54, 1.807) is 12.1 Å². The number of imidazole rings is 1. The first kappa shape index (κ1) is 13.4. The molecular formula is C15H13Cl2N3. The van der Waals surface area contributed by atoms with Crippen molar-refractivity contribution in [3.63, 3.8) is 0 Å². The van der Waals surface area contributed by atoms with Crippen LogP contribution in [0.25, 0.3) is 22.4 Å². The second kappa shape index (κ2) is 5.09. The highest BCUT2D eigenvalue weighted by molar-refractivity contribution is 6.35. The second-order valence-electron chi connectivity index (χ2n) is 4.65. The van der Waals surface area contributed by atoms with Gasteiger partial charge in [0.15, 0.2) is 0 Å². The number of hydrogen-bond donors (Lipinski definition) is 1. The molecule has 0 amide bonds. The van der Waals surface area contributed by atoms with Gasteiger partial charge >= 0.3 is 0 Å². The first-order valence-electron chi connectivity index (χ1n) is 6.21. The average Bonchev–Trinajstić information content (AvgIpc) is 2.78. The summed E-state index contributed by atoms with van der Waals surface area (Å²) in [5.41, 5.74) is 9.49. The zero-order chi connectivity index (χ0) is 14.3. The molecule has 0 aliphatic heterocycles. The molecule has 3 nitrogen and oxygen atoms in total. The Balaban J connectivity index is 2.26. The van der Waals surface area contributed by atoms with Gasteiger partial charge in [-0.2, -0.15) is 0 Å². The van der Waals surface area contributed by atoms with Crippen LogP contribution in [-0.4, -0.2) is 9.55 Å². The highest BCUT2D eigenvalue weighted by Crippen LogP contribution is 2.31. The predicted molar refractivity (Wildman–Crippen MR) is 84.1 cm³/mol. The fourth-order valence-electron chi connectivity index (χ4n) is 2.28. The molecule has 0 radical (unpaired) electrons. The minimum Gasteiger partial charge on any atom is -0.327 e. The molecule has 1 heterocycles. The molecule has 3 aromatic rings. The van der Waals surface area contributed by atoms with Gasteiger partial charge in [0.2, 0.25) is 0 Å². The maximum absolute atomic E-state index is 6.26. The first-order chi connectivity index (χ1) is 9.60. The summed E-state index contributed by atoms with van der Waals surface area (Å²) in [6, 6.07) is 11.4. The Morgan fingerprint density at radius 3 is 2.70 bits per heavy atom. The summed E-state index contributed by atoms with van der Waals surface area (Å²) in [5.74, 6) is 0.793. The Morgan fingerprint density at radius 1 is 1.15 bits per heavy atom. The van der Waals surface area contributed by atoms with E-state index in [1.807, 2.05) is 35.9 Å². The van der Waals surface area contributed by atoms with Crippen molar-refractivity contribution >= 4 is 34.2 Å². The topological polar surface area (TPSA) is 43.8 Å². The molecule has 0 fully saturated rings. The van der Waals surface area contributed by atoms with Crippen LogP contribution in [0, 0.1) is 0 Å². The largest absolute Gasteiger partial charge is 0.327 e. The summed E-state index contributed by atoms with van der Waals surface area (Å²) in [5, 5.41) is 1.27. The average molecular weight is 306 g/mol. The molecule has 0 saturated heterocycles. The number of fused-ring (bicyclic) bond motifs is 1. The lowest BCUT2D eigenvalue weighted by Crippen LogP contribution is -1.96. The van der Waals surface area contributed by atoms with Crippen molar-refractivity contribution in [2.75, 3.05) is 0 Å². The minimum atomic E-state index is 0.500. The first-order valence-corrected chi connectivity index (χ1v) is 6.96. The third-order valence-corrected chi connectivity index (χ3v) is 3.91. The van der Waals surface area contributed by atoms with E-state index in [2.05, 4.69) is 4.98 Å². The van der Waals surface area contributed by atoms with Crippen molar-refractivity contribution in [2.45, 2.75) is 6.54 Å². The molecular weight excluding hydrogens is 293 g/mol. The van der Waals surface area contributed by atoms with E-state index in [9.17, 15) is 0 Å². The highest BCUT2D eigenvalue weighted by Gasteiger charge is 2.13. The molecule has 0 saturated carbocycles. The normalized spacial score (nSPS) is 11.2. The van der Waals surface area contributed by atoms with Gasteiger partial charge in [-0.05, 0) is 35.9 Å². The second-order valence-corrected chi connectivity index (χ2v) is 5.49. The van der Waals surface area contributed by atoms with Crippen LogP contribution in [0.15, 0.2) is 36.4 Å². The standard InChI is InChI=1S/C15H13Cl2N3/c1-20-14-5-2-9(8-18)6-13(14)19-15(20)11-7-10(16)3-4-12(11)17/h2-7H,8,18H2,1H3. The lowest BCUT2D eigenvalue weighted by Gasteiger charge is -2.05.